The molecule has 2 atom stereocenters. The van der Waals surface area contributed by atoms with Crippen LogP contribution in [0.1, 0.15) is 27.7 Å². The van der Waals surface area contributed by atoms with E-state index in [1.54, 1.807) is 18.8 Å². The maximum absolute atomic E-state index is 13.0. The second-order valence-electron chi connectivity index (χ2n) is 6.99. The molecule has 0 unspecified atom stereocenters. The Morgan fingerprint density at radius 3 is 2.42 bits per heavy atom. The Bertz CT molecular complexity index is 801. The molecular weight excluding hydrogens is 352 g/mol. The van der Waals surface area contributed by atoms with Crippen LogP contribution in [0.2, 0.25) is 5.02 Å². The van der Waals surface area contributed by atoms with Gasteiger partial charge in [-0.25, -0.2) is 0 Å². The smallest absolute Gasteiger partial charge is 0.275 e. The number of aromatic nitrogens is 2. The molecule has 1 aliphatic rings. The van der Waals surface area contributed by atoms with E-state index in [1.165, 1.54) is 5.56 Å². The van der Waals surface area contributed by atoms with Crippen molar-refractivity contribution in [2.75, 3.05) is 34.3 Å². The average Bonchev–Trinajstić information content (AvgIpc) is 3.19. The molecule has 26 heavy (non-hydrogen) atoms. The van der Waals surface area contributed by atoms with Gasteiger partial charge in [-0.1, -0.05) is 23.7 Å². The molecule has 0 radical (unpaired) electrons. The molecule has 0 N–H and O–H groups in total. The first-order chi connectivity index (χ1) is 12.3. The van der Waals surface area contributed by atoms with Crippen molar-refractivity contribution in [2.45, 2.75) is 18.9 Å². The quantitative estimate of drug-likeness (QED) is 0.822. The molecule has 1 aromatic carbocycles. The second-order valence-corrected chi connectivity index (χ2v) is 7.37. The fourth-order valence-electron chi connectivity index (χ4n) is 3.52. The molecule has 2 heterocycles. The summed E-state index contributed by atoms with van der Waals surface area (Å²) in [6.45, 7) is 3.15. The number of carbonyl (C=O) groups excluding carboxylic acids is 1. The third-order valence-electron chi connectivity index (χ3n) is 5.25. The Balaban J connectivity index is 1.86. The van der Waals surface area contributed by atoms with E-state index < -0.39 is 0 Å². The number of likely N-dealkylation sites (tertiary alicyclic amines) is 1. The van der Waals surface area contributed by atoms with Crippen molar-refractivity contribution in [3.05, 3.63) is 46.2 Å². The number of ether oxygens (including phenoxy) is 1. The van der Waals surface area contributed by atoms with E-state index in [1.807, 2.05) is 38.1 Å². The summed E-state index contributed by atoms with van der Waals surface area (Å²) in [6, 6.07) is 8.31. The van der Waals surface area contributed by atoms with Crippen LogP contribution >= 0.6 is 11.6 Å². The summed E-state index contributed by atoms with van der Waals surface area (Å²) in [4.78, 5) is 17.0. The topological polar surface area (TPSA) is 50.6 Å². The molecule has 7 heteroatoms. The maximum Gasteiger partial charge on any atom is 0.275 e. The standard InChI is InChI=1S/C19H25ClN4O2/c1-12-17(20)18(21-23(12)4)19(25)24-10-15(16(11-24)22(2)3)13-6-8-14(26-5)9-7-13/h6-9,15-16H,10-11H2,1-5H3/t15-,16+/m0/s1. The summed E-state index contributed by atoms with van der Waals surface area (Å²) in [5.41, 5.74) is 2.33. The minimum atomic E-state index is -0.110. The maximum atomic E-state index is 13.0. The fourth-order valence-corrected chi connectivity index (χ4v) is 3.76. The van der Waals surface area contributed by atoms with Gasteiger partial charge in [0.1, 0.15) is 5.75 Å². The molecule has 0 saturated carbocycles. The number of nitrogens with zero attached hydrogens (tertiary/aromatic N) is 4. The third-order valence-corrected chi connectivity index (χ3v) is 5.70. The lowest BCUT2D eigenvalue weighted by molar-refractivity contribution is 0.0776. The zero-order valence-electron chi connectivity index (χ0n) is 15.9. The highest BCUT2D eigenvalue weighted by Crippen LogP contribution is 2.33. The van der Waals surface area contributed by atoms with Crippen LogP contribution < -0.4 is 4.74 Å². The zero-order valence-corrected chi connectivity index (χ0v) is 16.6. The van der Waals surface area contributed by atoms with Crippen LogP contribution in [0, 0.1) is 6.92 Å². The predicted molar refractivity (Wildman–Crippen MR) is 102 cm³/mol. The number of methoxy groups -OCH3 is 1. The van der Waals surface area contributed by atoms with E-state index in [0.717, 1.165) is 11.4 Å². The zero-order chi connectivity index (χ0) is 19.0. The van der Waals surface area contributed by atoms with Gasteiger partial charge in [0.2, 0.25) is 0 Å². The summed E-state index contributed by atoms with van der Waals surface area (Å²) >= 11 is 6.32. The van der Waals surface area contributed by atoms with Gasteiger partial charge in [-0.15, -0.1) is 0 Å². The fraction of sp³-hybridized carbons (Fsp3) is 0.474. The summed E-state index contributed by atoms with van der Waals surface area (Å²) in [5, 5.41) is 4.74. The lowest BCUT2D eigenvalue weighted by Gasteiger charge is -2.25. The highest BCUT2D eigenvalue weighted by Gasteiger charge is 2.39. The van der Waals surface area contributed by atoms with Crippen LogP contribution in [0.5, 0.6) is 5.75 Å². The minimum absolute atomic E-state index is 0.110. The summed E-state index contributed by atoms with van der Waals surface area (Å²) in [7, 11) is 7.55. The molecule has 0 bridgehead atoms. The normalized spacial score (nSPS) is 20.0. The first kappa shape index (κ1) is 18.7. The van der Waals surface area contributed by atoms with Crippen molar-refractivity contribution in [1.29, 1.82) is 0 Å². The van der Waals surface area contributed by atoms with Crippen LogP contribution in [0.15, 0.2) is 24.3 Å². The van der Waals surface area contributed by atoms with Gasteiger partial charge in [-0.2, -0.15) is 5.10 Å². The highest BCUT2D eigenvalue weighted by atomic mass is 35.5. The number of amides is 1. The van der Waals surface area contributed by atoms with E-state index in [0.29, 0.717) is 23.8 Å². The van der Waals surface area contributed by atoms with Gasteiger partial charge in [0.15, 0.2) is 5.69 Å². The highest BCUT2D eigenvalue weighted by molar-refractivity contribution is 6.34. The van der Waals surface area contributed by atoms with E-state index in [2.05, 4.69) is 22.1 Å². The van der Waals surface area contributed by atoms with Crippen LogP contribution in [-0.2, 0) is 7.05 Å². The lowest BCUT2D eigenvalue weighted by Crippen LogP contribution is -2.36. The Morgan fingerprint density at radius 2 is 1.92 bits per heavy atom. The number of benzene rings is 1. The van der Waals surface area contributed by atoms with Gasteiger partial charge < -0.3 is 14.5 Å². The Kier molecular flexibility index (Phi) is 5.25. The lowest BCUT2D eigenvalue weighted by atomic mass is 9.93. The molecular formula is C19H25ClN4O2. The van der Waals surface area contributed by atoms with Crippen molar-refractivity contribution < 1.29 is 9.53 Å². The molecule has 1 fully saturated rings. The molecule has 1 aliphatic heterocycles. The van der Waals surface area contributed by atoms with Crippen molar-refractivity contribution in [1.82, 2.24) is 19.6 Å². The first-order valence-electron chi connectivity index (χ1n) is 8.62. The van der Waals surface area contributed by atoms with E-state index in [4.69, 9.17) is 16.3 Å². The number of likely N-dealkylation sites (N-methyl/N-ethyl adjacent to an activating group) is 1. The van der Waals surface area contributed by atoms with Crippen LogP contribution in [0.3, 0.4) is 0 Å². The average molecular weight is 377 g/mol. The molecule has 1 saturated heterocycles. The van der Waals surface area contributed by atoms with Gasteiger partial charge in [0, 0.05) is 32.1 Å². The minimum Gasteiger partial charge on any atom is -0.497 e. The molecule has 3 rings (SSSR count). The Labute approximate surface area is 159 Å². The Hall–Kier alpha value is -2.05. The Morgan fingerprint density at radius 1 is 1.27 bits per heavy atom. The molecule has 1 amide bonds. The van der Waals surface area contributed by atoms with Gasteiger partial charge in [-0.05, 0) is 38.7 Å². The molecule has 140 valence electrons. The van der Waals surface area contributed by atoms with E-state index in [-0.39, 0.29) is 17.9 Å². The van der Waals surface area contributed by atoms with Gasteiger partial charge in [-0.3, -0.25) is 9.48 Å². The third kappa shape index (κ3) is 3.31. The molecule has 0 aliphatic carbocycles. The van der Waals surface area contributed by atoms with Crippen LogP contribution in [0.4, 0.5) is 0 Å². The molecule has 0 spiro atoms. The van der Waals surface area contributed by atoms with Gasteiger partial charge in [0.25, 0.3) is 5.91 Å². The number of hydrogen-bond donors (Lipinski definition) is 0. The second kappa shape index (κ2) is 7.29. The largest absolute Gasteiger partial charge is 0.497 e. The summed E-state index contributed by atoms with van der Waals surface area (Å²) in [6.07, 6.45) is 0. The number of carbonyl (C=O) groups is 1. The molecule has 1 aromatic heterocycles. The van der Waals surface area contributed by atoms with E-state index >= 15 is 0 Å². The van der Waals surface area contributed by atoms with Crippen LogP contribution in [-0.4, -0.2) is 65.8 Å². The number of hydrogen-bond acceptors (Lipinski definition) is 4. The summed E-state index contributed by atoms with van der Waals surface area (Å²) in [5.74, 6) is 0.946. The monoisotopic (exact) mass is 376 g/mol. The SMILES string of the molecule is COc1ccc([C@@H]2CN(C(=O)c3nn(C)c(C)c3Cl)C[C@H]2N(C)C)cc1. The predicted octanol–water partition coefficient (Wildman–Crippen LogP) is 2.56. The number of rotatable bonds is 4. The van der Waals surface area contributed by atoms with Crippen molar-refractivity contribution in [2.24, 2.45) is 7.05 Å². The number of halogens is 1. The summed E-state index contributed by atoms with van der Waals surface area (Å²) < 4.78 is 6.90. The molecule has 6 nitrogen and oxygen atoms in total. The first-order valence-corrected chi connectivity index (χ1v) is 9.00. The van der Waals surface area contributed by atoms with Gasteiger partial charge in [0.05, 0.1) is 17.8 Å². The van der Waals surface area contributed by atoms with Crippen molar-refractivity contribution >= 4 is 17.5 Å². The number of aryl methyl sites for hydroxylation is 1. The van der Waals surface area contributed by atoms with E-state index in [9.17, 15) is 4.79 Å². The van der Waals surface area contributed by atoms with Crippen molar-refractivity contribution in [3.8, 4) is 5.75 Å². The van der Waals surface area contributed by atoms with Gasteiger partial charge >= 0.3 is 0 Å². The van der Waals surface area contributed by atoms with Crippen LogP contribution in [0.25, 0.3) is 0 Å². The molecule has 2 aromatic rings. The van der Waals surface area contributed by atoms with Crippen molar-refractivity contribution in [3.63, 3.8) is 0 Å².